The number of aryl methyl sites for hydroxylation is 1. The molecule has 0 unspecified atom stereocenters. The molecule has 0 bridgehead atoms. The Hall–Kier alpha value is -2.20. The quantitative estimate of drug-likeness (QED) is 0.546. The lowest BCUT2D eigenvalue weighted by molar-refractivity contribution is 0.398. The number of fused-ring (bicyclic) bond motifs is 1. The zero-order valence-electron chi connectivity index (χ0n) is 13.5. The maximum Gasteiger partial charge on any atom is 0.260 e. The predicted octanol–water partition coefficient (Wildman–Crippen LogP) is 3.49. The summed E-state index contributed by atoms with van der Waals surface area (Å²) in [6.45, 7) is 1.77. The van der Waals surface area contributed by atoms with Gasteiger partial charge in [-0.25, -0.2) is 18.1 Å². The van der Waals surface area contributed by atoms with Crippen LogP contribution in [0.15, 0.2) is 51.5 Å². The first-order valence-corrected chi connectivity index (χ1v) is 10.3. The van der Waals surface area contributed by atoms with Gasteiger partial charge >= 0.3 is 0 Å². The molecule has 0 aliphatic heterocycles. The molecule has 0 atom stereocenters. The molecule has 0 radical (unpaired) electrons. The van der Waals surface area contributed by atoms with Gasteiger partial charge < -0.3 is 4.52 Å². The minimum atomic E-state index is -3.88. The zero-order chi connectivity index (χ0) is 18.3. The van der Waals surface area contributed by atoms with E-state index in [0.29, 0.717) is 22.0 Å². The van der Waals surface area contributed by atoms with E-state index in [9.17, 15) is 8.42 Å². The normalized spacial score (nSPS) is 12.1. The standard InChI is InChI=1S/C16H13ClN4O3S2/c1-10-12(13(20-24-10)11-5-3-2-4-6-11)9-18-26(22,23)15-14(17)19-16-21(15)7-8-25-16/h2-8,18H,9H2,1H3. The summed E-state index contributed by atoms with van der Waals surface area (Å²) in [4.78, 5) is 4.58. The van der Waals surface area contributed by atoms with Gasteiger partial charge in [-0.05, 0) is 6.92 Å². The van der Waals surface area contributed by atoms with Gasteiger partial charge in [0.2, 0.25) is 0 Å². The fraction of sp³-hybridized carbons (Fsp3) is 0.125. The molecule has 0 spiro atoms. The number of thiazole rings is 1. The number of aromatic nitrogens is 3. The lowest BCUT2D eigenvalue weighted by Gasteiger charge is -2.07. The van der Waals surface area contributed by atoms with Crippen LogP contribution in [0.4, 0.5) is 0 Å². The van der Waals surface area contributed by atoms with Crippen LogP contribution in [0, 0.1) is 6.92 Å². The lowest BCUT2D eigenvalue weighted by Crippen LogP contribution is -2.25. The molecule has 0 amide bonds. The molecular formula is C16H13ClN4O3S2. The summed E-state index contributed by atoms with van der Waals surface area (Å²) in [5, 5.41) is 5.66. The topological polar surface area (TPSA) is 89.5 Å². The van der Waals surface area contributed by atoms with Gasteiger partial charge in [0.15, 0.2) is 15.1 Å². The predicted molar refractivity (Wildman–Crippen MR) is 98.8 cm³/mol. The van der Waals surface area contributed by atoms with Gasteiger partial charge in [-0.3, -0.25) is 4.40 Å². The SMILES string of the molecule is Cc1onc(-c2ccccc2)c1CNS(=O)(=O)c1c(Cl)nc2sccn12. The molecule has 1 aromatic carbocycles. The number of sulfonamides is 1. The summed E-state index contributed by atoms with van der Waals surface area (Å²) in [5.74, 6) is 0.548. The van der Waals surface area contributed by atoms with Gasteiger partial charge in [-0.15, -0.1) is 11.3 Å². The van der Waals surface area contributed by atoms with Gasteiger partial charge in [0, 0.05) is 29.2 Å². The Morgan fingerprint density at radius 2 is 2.08 bits per heavy atom. The molecule has 0 fully saturated rings. The van der Waals surface area contributed by atoms with Crippen LogP contribution < -0.4 is 4.72 Å². The number of rotatable bonds is 5. The first-order valence-electron chi connectivity index (χ1n) is 7.58. The summed E-state index contributed by atoms with van der Waals surface area (Å²) in [7, 11) is -3.88. The average Bonchev–Trinajstić information content (AvgIpc) is 3.28. The molecule has 0 aliphatic carbocycles. The van der Waals surface area contributed by atoms with Crippen LogP contribution >= 0.6 is 22.9 Å². The summed E-state index contributed by atoms with van der Waals surface area (Å²) in [6.07, 6.45) is 1.62. The zero-order valence-corrected chi connectivity index (χ0v) is 15.9. The van der Waals surface area contributed by atoms with Crippen LogP contribution in [0.2, 0.25) is 5.15 Å². The van der Waals surface area contributed by atoms with Crippen molar-refractivity contribution < 1.29 is 12.9 Å². The highest BCUT2D eigenvalue weighted by Crippen LogP contribution is 2.27. The van der Waals surface area contributed by atoms with Crippen LogP contribution in [0.1, 0.15) is 11.3 Å². The van der Waals surface area contributed by atoms with E-state index < -0.39 is 10.0 Å². The fourth-order valence-electron chi connectivity index (χ4n) is 2.64. The maximum absolute atomic E-state index is 12.8. The van der Waals surface area contributed by atoms with E-state index in [-0.39, 0.29) is 16.7 Å². The van der Waals surface area contributed by atoms with Crippen molar-refractivity contribution in [2.24, 2.45) is 0 Å². The first kappa shape index (κ1) is 17.2. The van der Waals surface area contributed by atoms with E-state index in [0.717, 1.165) is 5.56 Å². The molecule has 0 aliphatic rings. The van der Waals surface area contributed by atoms with Crippen LogP contribution in [0.5, 0.6) is 0 Å². The third-order valence-electron chi connectivity index (χ3n) is 3.90. The fourth-order valence-corrected chi connectivity index (χ4v) is 5.08. The first-order chi connectivity index (χ1) is 12.5. The van der Waals surface area contributed by atoms with Crippen molar-refractivity contribution >= 4 is 37.9 Å². The van der Waals surface area contributed by atoms with Crippen molar-refractivity contribution in [3.05, 3.63) is 58.4 Å². The Labute approximate surface area is 158 Å². The third-order valence-corrected chi connectivity index (χ3v) is 6.46. The molecule has 0 saturated carbocycles. The van der Waals surface area contributed by atoms with Gasteiger partial charge in [-0.1, -0.05) is 47.1 Å². The average molecular weight is 409 g/mol. The molecule has 0 saturated heterocycles. The minimum absolute atomic E-state index is 0.0234. The highest BCUT2D eigenvalue weighted by molar-refractivity contribution is 7.89. The summed E-state index contributed by atoms with van der Waals surface area (Å²) < 4.78 is 34.8. The Kier molecular flexibility index (Phi) is 4.31. The van der Waals surface area contributed by atoms with Crippen molar-refractivity contribution in [2.45, 2.75) is 18.5 Å². The molecule has 4 aromatic rings. The Morgan fingerprint density at radius 1 is 1.31 bits per heavy atom. The van der Waals surface area contributed by atoms with Crippen molar-refractivity contribution in [2.75, 3.05) is 0 Å². The van der Waals surface area contributed by atoms with Gasteiger partial charge in [0.05, 0.1) is 0 Å². The number of imidazole rings is 1. The number of hydrogen-bond donors (Lipinski definition) is 1. The molecular weight excluding hydrogens is 396 g/mol. The van der Waals surface area contributed by atoms with E-state index in [4.69, 9.17) is 16.1 Å². The second-order valence-corrected chi connectivity index (χ2v) is 8.43. The number of hydrogen-bond acceptors (Lipinski definition) is 6. The summed E-state index contributed by atoms with van der Waals surface area (Å²) in [6, 6.07) is 9.43. The Balaban J connectivity index is 1.67. The molecule has 26 heavy (non-hydrogen) atoms. The maximum atomic E-state index is 12.8. The van der Waals surface area contributed by atoms with E-state index in [1.54, 1.807) is 18.5 Å². The number of nitrogens with zero attached hydrogens (tertiary/aromatic N) is 3. The van der Waals surface area contributed by atoms with E-state index in [2.05, 4.69) is 14.9 Å². The lowest BCUT2D eigenvalue weighted by atomic mass is 10.1. The number of benzene rings is 1. The van der Waals surface area contributed by atoms with E-state index in [1.165, 1.54) is 15.7 Å². The molecule has 134 valence electrons. The molecule has 1 N–H and O–H groups in total. The van der Waals surface area contributed by atoms with Gasteiger partial charge in [-0.2, -0.15) is 0 Å². The molecule has 3 heterocycles. The highest BCUT2D eigenvalue weighted by atomic mass is 35.5. The molecule has 7 nitrogen and oxygen atoms in total. The van der Waals surface area contributed by atoms with Crippen molar-refractivity contribution in [1.29, 1.82) is 0 Å². The minimum Gasteiger partial charge on any atom is -0.361 e. The van der Waals surface area contributed by atoms with Crippen LogP contribution in [-0.4, -0.2) is 23.0 Å². The van der Waals surface area contributed by atoms with E-state index in [1.807, 2.05) is 30.3 Å². The second-order valence-electron chi connectivity index (χ2n) is 5.52. The van der Waals surface area contributed by atoms with Crippen LogP contribution in [0.25, 0.3) is 16.2 Å². The molecule has 3 aromatic heterocycles. The van der Waals surface area contributed by atoms with Crippen molar-refractivity contribution in [1.82, 2.24) is 19.3 Å². The third kappa shape index (κ3) is 2.92. The monoisotopic (exact) mass is 408 g/mol. The van der Waals surface area contributed by atoms with Gasteiger partial charge in [0.1, 0.15) is 11.5 Å². The molecule has 4 rings (SSSR count). The number of halogens is 1. The van der Waals surface area contributed by atoms with Crippen molar-refractivity contribution in [3.63, 3.8) is 0 Å². The van der Waals surface area contributed by atoms with Crippen LogP contribution in [0.3, 0.4) is 0 Å². The largest absolute Gasteiger partial charge is 0.361 e. The summed E-state index contributed by atoms with van der Waals surface area (Å²) in [5.41, 5.74) is 2.12. The highest BCUT2D eigenvalue weighted by Gasteiger charge is 2.26. The second kappa shape index (κ2) is 6.51. The number of nitrogens with one attached hydrogen (secondary N) is 1. The smallest absolute Gasteiger partial charge is 0.260 e. The summed E-state index contributed by atoms with van der Waals surface area (Å²) >= 11 is 7.34. The van der Waals surface area contributed by atoms with Crippen molar-refractivity contribution in [3.8, 4) is 11.3 Å². The van der Waals surface area contributed by atoms with Gasteiger partial charge in [0.25, 0.3) is 10.0 Å². The molecule has 10 heteroatoms. The van der Waals surface area contributed by atoms with E-state index >= 15 is 0 Å². The van der Waals surface area contributed by atoms with Crippen LogP contribution in [-0.2, 0) is 16.6 Å². The Morgan fingerprint density at radius 3 is 2.85 bits per heavy atom. The Bertz CT molecular complexity index is 1180.